The predicted octanol–water partition coefficient (Wildman–Crippen LogP) is 2.26. The Balaban J connectivity index is 2.50. The van der Waals surface area contributed by atoms with Gasteiger partial charge in [-0.25, -0.2) is 13.6 Å². The Kier molecular flexibility index (Phi) is 3.97. The standard InChI is InChI=1S/C12H12IN3O2S/c13-9-3-1-2-4-10(9)16-11-6-5-8(14)7-12(11)19(15,17)18/h1-7,16H,14H2,(H2,15,17,18). The minimum Gasteiger partial charge on any atom is -0.399 e. The Morgan fingerprint density at radius 2 is 1.74 bits per heavy atom. The maximum atomic E-state index is 11.6. The summed E-state index contributed by atoms with van der Waals surface area (Å²) < 4.78 is 24.1. The number of nitrogen functional groups attached to an aromatic ring is 1. The van der Waals surface area contributed by atoms with Gasteiger partial charge in [0, 0.05) is 9.26 Å². The van der Waals surface area contributed by atoms with Crippen molar-refractivity contribution in [1.82, 2.24) is 0 Å². The molecule has 100 valence electrons. The van der Waals surface area contributed by atoms with E-state index in [0.29, 0.717) is 11.4 Å². The molecule has 0 heterocycles. The fourth-order valence-corrected chi connectivity index (χ4v) is 2.83. The zero-order valence-corrected chi connectivity index (χ0v) is 12.8. The van der Waals surface area contributed by atoms with E-state index in [1.807, 2.05) is 24.3 Å². The summed E-state index contributed by atoms with van der Waals surface area (Å²) in [6.45, 7) is 0. The molecule has 0 aliphatic rings. The zero-order chi connectivity index (χ0) is 14.0. The molecule has 5 N–H and O–H groups in total. The number of anilines is 3. The van der Waals surface area contributed by atoms with Crippen LogP contribution in [-0.2, 0) is 10.0 Å². The van der Waals surface area contributed by atoms with Crippen molar-refractivity contribution in [2.24, 2.45) is 5.14 Å². The number of sulfonamides is 1. The minimum absolute atomic E-state index is 0.0212. The number of benzene rings is 2. The quantitative estimate of drug-likeness (QED) is 0.554. The Labute approximate surface area is 125 Å². The van der Waals surface area contributed by atoms with Gasteiger partial charge in [-0.1, -0.05) is 12.1 Å². The number of nitrogens with two attached hydrogens (primary N) is 2. The Bertz CT molecular complexity index is 717. The molecule has 2 aromatic rings. The molecule has 2 aromatic carbocycles. The summed E-state index contributed by atoms with van der Waals surface area (Å²) in [7, 11) is -3.83. The van der Waals surface area contributed by atoms with Gasteiger partial charge in [0.1, 0.15) is 4.90 Å². The largest absolute Gasteiger partial charge is 0.399 e. The van der Waals surface area contributed by atoms with Crippen LogP contribution in [0.2, 0.25) is 0 Å². The second-order valence-corrected chi connectivity index (χ2v) is 6.60. The number of primary sulfonamides is 1. The average Bonchev–Trinajstić information content (AvgIpc) is 2.33. The van der Waals surface area contributed by atoms with E-state index in [-0.39, 0.29) is 4.90 Å². The fourth-order valence-electron chi connectivity index (χ4n) is 1.59. The lowest BCUT2D eigenvalue weighted by Crippen LogP contribution is -2.14. The van der Waals surface area contributed by atoms with Gasteiger partial charge < -0.3 is 11.1 Å². The molecule has 0 saturated carbocycles. The topological polar surface area (TPSA) is 98.2 Å². The zero-order valence-electron chi connectivity index (χ0n) is 9.80. The first-order valence-electron chi connectivity index (χ1n) is 5.32. The smallest absolute Gasteiger partial charge is 0.240 e. The van der Waals surface area contributed by atoms with Gasteiger partial charge in [0.15, 0.2) is 0 Å². The summed E-state index contributed by atoms with van der Waals surface area (Å²) >= 11 is 2.16. The molecule has 0 fully saturated rings. The van der Waals surface area contributed by atoms with Gasteiger partial charge in [-0.3, -0.25) is 0 Å². The van der Waals surface area contributed by atoms with E-state index in [9.17, 15) is 8.42 Å². The lowest BCUT2D eigenvalue weighted by Gasteiger charge is -2.12. The molecular formula is C12H12IN3O2S. The van der Waals surface area contributed by atoms with Gasteiger partial charge in [0.05, 0.1) is 11.4 Å². The third kappa shape index (κ3) is 3.37. The molecule has 0 aliphatic carbocycles. The monoisotopic (exact) mass is 389 g/mol. The molecule has 0 atom stereocenters. The molecular weight excluding hydrogens is 377 g/mol. The molecule has 0 aliphatic heterocycles. The second kappa shape index (κ2) is 5.35. The lowest BCUT2D eigenvalue weighted by atomic mass is 10.2. The van der Waals surface area contributed by atoms with Gasteiger partial charge in [0.2, 0.25) is 10.0 Å². The summed E-state index contributed by atoms with van der Waals surface area (Å²) in [5, 5.41) is 8.25. The van der Waals surface area contributed by atoms with Crippen LogP contribution in [0.15, 0.2) is 47.4 Å². The molecule has 0 spiro atoms. The Morgan fingerprint density at radius 3 is 2.37 bits per heavy atom. The molecule has 0 radical (unpaired) electrons. The van der Waals surface area contributed by atoms with Crippen molar-refractivity contribution in [3.05, 3.63) is 46.0 Å². The molecule has 7 heteroatoms. The summed E-state index contributed by atoms with van der Waals surface area (Å²) in [5.74, 6) is 0. The Hall–Kier alpha value is -1.32. The molecule has 0 unspecified atom stereocenters. The van der Waals surface area contributed by atoms with Crippen LogP contribution in [0.4, 0.5) is 17.1 Å². The van der Waals surface area contributed by atoms with E-state index >= 15 is 0 Å². The van der Waals surface area contributed by atoms with Crippen LogP contribution >= 0.6 is 22.6 Å². The van der Waals surface area contributed by atoms with E-state index < -0.39 is 10.0 Å². The van der Waals surface area contributed by atoms with Gasteiger partial charge in [0.25, 0.3) is 0 Å². The van der Waals surface area contributed by atoms with Crippen LogP contribution in [0.25, 0.3) is 0 Å². The third-order valence-electron chi connectivity index (χ3n) is 2.46. The van der Waals surface area contributed by atoms with Gasteiger partial charge in [-0.05, 0) is 52.9 Å². The lowest BCUT2D eigenvalue weighted by molar-refractivity contribution is 0.598. The van der Waals surface area contributed by atoms with Gasteiger partial charge in [-0.15, -0.1) is 0 Å². The van der Waals surface area contributed by atoms with E-state index in [4.69, 9.17) is 10.9 Å². The number of rotatable bonds is 3. The van der Waals surface area contributed by atoms with Crippen molar-refractivity contribution < 1.29 is 8.42 Å². The van der Waals surface area contributed by atoms with E-state index in [0.717, 1.165) is 9.26 Å². The van der Waals surface area contributed by atoms with Crippen molar-refractivity contribution >= 4 is 49.7 Å². The van der Waals surface area contributed by atoms with E-state index in [2.05, 4.69) is 27.9 Å². The highest BCUT2D eigenvalue weighted by Crippen LogP contribution is 2.28. The van der Waals surface area contributed by atoms with E-state index in [1.54, 1.807) is 12.1 Å². The maximum Gasteiger partial charge on any atom is 0.240 e. The summed E-state index contributed by atoms with van der Waals surface area (Å²) in [4.78, 5) is -0.0212. The summed E-state index contributed by atoms with van der Waals surface area (Å²) in [5.41, 5.74) is 7.15. The Morgan fingerprint density at radius 1 is 1.05 bits per heavy atom. The fraction of sp³-hybridized carbons (Fsp3) is 0. The predicted molar refractivity (Wildman–Crippen MR) is 84.7 cm³/mol. The SMILES string of the molecule is Nc1ccc(Nc2ccccc2I)c(S(N)(=O)=O)c1. The van der Waals surface area contributed by atoms with Crippen molar-refractivity contribution in [2.75, 3.05) is 11.1 Å². The molecule has 2 rings (SSSR count). The van der Waals surface area contributed by atoms with Crippen molar-refractivity contribution in [2.45, 2.75) is 4.90 Å². The number of para-hydroxylation sites is 1. The van der Waals surface area contributed by atoms with Gasteiger partial charge in [-0.2, -0.15) is 0 Å². The van der Waals surface area contributed by atoms with Crippen LogP contribution < -0.4 is 16.2 Å². The first-order chi connectivity index (χ1) is 8.88. The number of hydrogen-bond donors (Lipinski definition) is 3. The minimum atomic E-state index is -3.83. The van der Waals surface area contributed by atoms with Crippen LogP contribution in [0, 0.1) is 3.57 Å². The van der Waals surface area contributed by atoms with E-state index in [1.165, 1.54) is 6.07 Å². The first-order valence-corrected chi connectivity index (χ1v) is 7.94. The first kappa shape index (κ1) is 14.1. The van der Waals surface area contributed by atoms with Crippen LogP contribution in [0.1, 0.15) is 0 Å². The van der Waals surface area contributed by atoms with Crippen molar-refractivity contribution in [3.8, 4) is 0 Å². The molecule has 19 heavy (non-hydrogen) atoms. The average molecular weight is 389 g/mol. The third-order valence-corrected chi connectivity index (χ3v) is 4.35. The molecule has 0 aromatic heterocycles. The number of nitrogens with one attached hydrogen (secondary N) is 1. The highest BCUT2D eigenvalue weighted by Gasteiger charge is 2.15. The number of halogens is 1. The highest BCUT2D eigenvalue weighted by molar-refractivity contribution is 14.1. The van der Waals surface area contributed by atoms with Crippen LogP contribution in [0.3, 0.4) is 0 Å². The van der Waals surface area contributed by atoms with Crippen LogP contribution in [-0.4, -0.2) is 8.42 Å². The molecule has 0 amide bonds. The van der Waals surface area contributed by atoms with Crippen molar-refractivity contribution in [1.29, 1.82) is 0 Å². The highest BCUT2D eigenvalue weighted by atomic mass is 127. The summed E-state index contributed by atoms with van der Waals surface area (Å²) in [6.07, 6.45) is 0. The number of hydrogen-bond acceptors (Lipinski definition) is 4. The van der Waals surface area contributed by atoms with Gasteiger partial charge >= 0.3 is 0 Å². The second-order valence-electron chi connectivity index (χ2n) is 3.91. The van der Waals surface area contributed by atoms with Crippen LogP contribution in [0.5, 0.6) is 0 Å². The normalized spacial score (nSPS) is 11.3. The molecule has 5 nitrogen and oxygen atoms in total. The maximum absolute atomic E-state index is 11.6. The molecule has 0 bridgehead atoms. The summed E-state index contributed by atoms with van der Waals surface area (Å²) in [6, 6.07) is 12.1. The molecule has 0 saturated heterocycles. The van der Waals surface area contributed by atoms with Crippen molar-refractivity contribution in [3.63, 3.8) is 0 Å².